The van der Waals surface area contributed by atoms with Crippen LogP contribution >= 0.6 is 11.3 Å². The highest BCUT2D eigenvalue weighted by atomic mass is 32.1. The van der Waals surface area contributed by atoms with Gasteiger partial charge in [0.1, 0.15) is 17.3 Å². The van der Waals surface area contributed by atoms with E-state index in [1.165, 1.54) is 23.0 Å². The Labute approximate surface area is 262 Å². The Morgan fingerprint density at radius 3 is 2.31 bits per heavy atom. The highest BCUT2D eigenvalue weighted by Gasteiger charge is 2.35. The van der Waals surface area contributed by atoms with Crippen molar-refractivity contribution in [2.75, 3.05) is 20.8 Å². The molecule has 226 valence electrons. The van der Waals surface area contributed by atoms with Crippen LogP contribution in [0.15, 0.2) is 111 Å². The minimum Gasteiger partial charge on any atom is -0.497 e. The number of ether oxygens (including phenoxy) is 3. The number of hydrogen-bond acceptors (Lipinski definition) is 9. The maximum Gasteiger partial charge on any atom is 0.338 e. The first kappa shape index (κ1) is 29.6. The molecule has 1 aliphatic heterocycles. The van der Waals surface area contributed by atoms with Crippen LogP contribution in [-0.2, 0) is 14.3 Å². The molecule has 0 fully saturated rings. The van der Waals surface area contributed by atoms with Crippen molar-refractivity contribution >= 4 is 35.0 Å². The molecule has 0 N–H and O–H groups in total. The number of esters is 2. The van der Waals surface area contributed by atoms with Gasteiger partial charge in [0, 0.05) is 17.2 Å². The summed E-state index contributed by atoms with van der Waals surface area (Å²) in [5.74, 6) is 0.694. The molecule has 2 aromatic heterocycles. The van der Waals surface area contributed by atoms with E-state index in [0.717, 1.165) is 11.1 Å². The molecule has 45 heavy (non-hydrogen) atoms. The maximum atomic E-state index is 14.1. The number of nitrogens with zero attached hydrogens (tertiary/aromatic N) is 2. The minimum absolute atomic E-state index is 0.163. The third-order valence-electron chi connectivity index (χ3n) is 7.30. The van der Waals surface area contributed by atoms with Gasteiger partial charge in [-0.05, 0) is 48.9 Å². The first-order valence-corrected chi connectivity index (χ1v) is 14.9. The topological polar surface area (TPSA) is 109 Å². The smallest absolute Gasteiger partial charge is 0.338 e. The highest BCUT2D eigenvalue weighted by molar-refractivity contribution is 7.07. The van der Waals surface area contributed by atoms with Gasteiger partial charge in [0.15, 0.2) is 4.80 Å². The third kappa shape index (κ3) is 5.75. The van der Waals surface area contributed by atoms with Gasteiger partial charge in [-0.1, -0.05) is 65.9 Å². The van der Waals surface area contributed by atoms with Crippen molar-refractivity contribution in [2.24, 2.45) is 4.99 Å². The largest absolute Gasteiger partial charge is 0.497 e. The number of furan rings is 1. The first-order valence-electron chi connectivity index (χ1n) is 14.1. The zero-order valence-electron chi connectivity index (χ0n) is 24.7. The second-order valence-electron chi connectivity index (χ2n) is 9.98. The van der Waals surface area contributed by atoms with Crippen LogP contribution in [0.25, 0.3) is 23.1 Å². The second-order valence-corrected chi connectivity index (χ2v) is 11.0. The summed E-state index contributed by atoms with van der Waals surface area (Å²) < 4.78 is 23.6. The van der Waals surface area contributed by atoms with Crippen LogP contribution in [0.2, 0.25) is 0 Å². The predicted molar refractivity (Wildman–Crippen MR) is 170 cm³/mol. The minimum atomic E-state index is -0.802. The Morgan fingerprint density at radius 1 is 0.911 bits per heavy atom. The summed E-state index contributed by atoms with van der Waals surface area (Å²) in [4.78, 5) is 44.8. The quantitative estimate of drug-likeness (QED) is 0.225. The number of methoxy groups -OCH3 is 2. The Morgan fingerprint density at radius 2 is 1.64 bits per heavy atom. The van der Waals surface area contributed by atoms with Gasteiger partial charge in [-0.3, -0.25) is 9.36 Å². The number of hydrogen-bond donors (Lipinski definition) is 0. The summed E-state index contributed by atoms with van der Waals surface area (Å²) in [7, 11) is 2.91. The maximum absolute atomic E-state index is 14.1. The van der Waals surface area contributed by atoms with Gasteiger partial charge in [-0.15, -0.1) is 0 Å². The fraction of sp³-hybridized carbons (Fsp3) is 0.143. The van der Waals surface area contributed by atoms with Gasteiger partial charge in [0.05, 0.1) is 48.2 Å². The molecule has 0 saturated carbocycles. The van der Waals surface area contributed by atoms with E-state index in [0.29, 0.717) is 43.4 Å². The summed E-state index contributed by atoms with van der Waals surface area (Å²) in [5.41, 5.74) is 3.00. The van der Waals surface area contributed by atoms with Gasteiger partial charge in [0.2, 0.25) is 0 Å². The molecule has 3 aromatic carbocycles. The molecule has 0 aliphatic carbocycles. The fourth-order valence-electron chi connectivity index (χ4n) is 5.15. The molecule has 0 amide bonds. The van der Waals surface area contributed by atoms with E-state index in [1.807, 2.05) is 42.5 Å². The van der Waals surface area contributed by atoms with Gasteiger partial charge >= 0.3 is 11.9 Å². The van der Waals surface area contributed by atoms with Gasteiger partial charge in [-0.2, -0.15) is 0 Å². The Hall–Kier alpha value is -5.48. The normalized spacial score (nSPS) is 14.5. The standard InChI is InChI=1S/C35H28N2O7S/c1-4-43-34(40)29-30(22-8-6-5-7-9-22)36-35-37(31(29)23-14-16-25(41-2)17-15-23)32(38)28(45-35)20-26-18-19-27(44-26)21-10-12-24(13-11-21)33(39)42-3/h5-20,31H,4H2,1-3H3/b28-20-. The average Bonchev–Trinajstić information content (AvgIpc) is 3.68. The van der Waals surface area contributed by atoms with E-state index in [4.69, 9.17) is 23.6 Å². The van der Waals surface area contributed by atoms with Gasteiger partial charge in [-0.25, -0.2) is 14.6 Å². The number of benzene rings is 3. The summed E-state index contributed by atoms with van der Waals surface area (Å²) in [5, 5.41) is 0. The average molecular weight is 621 g/mol. The monoisotopic (exact) mass is 620 g/mol. The summed E-state index contributed by atoms with van der Waals surface area (Å²) in [6, 6.07) is 26.2. The van der Waals surface area contributed by atoms with E-state index in [-0.39, 0.29) is 17.7 Å². The number of rotatable bonds is 8. The SMILES string of the molecule is CCOC(=O)C1=C(c2ccccc2)N=c2s/c(=C\c3ccc(-c4ccc(C(=O)OC)cc4)o3)c(=O)n2C1c1ccc(OC)cc1. The summed E-state index contributed by atoms with van der Waals surface area (Å²) >= 11 is 1.21. The number of carbonyl (C=O) groups excluding carboxylic acids is 2. The van der Waals surface area contributed by atoms with Crippen LogP contribution in [0.3, 0.4) is 0 Å². The van der Waals surface area contributed by atoms with Crippen molar-refractivity contribution in [2.45, 2.75) is 13.0 Å². The zero-order valence-corrected chi connectivity index (χ0v) is 25.5. The number of thiazole rings is 1. The Kier molecular flexibility index (Phi) is 8.30. The molecule has 5 aromatic rings. The van der Waals surface area contributed by atoms with Gasteiger partial charge in [0.25, 0.3) is 5.56 Å². The summed E-state index contributed by atoms with van der Waals surface area (Å²) in [6.45, 7) is 1.90. The lowest BCUT2D eigenvalue weighted by Gasteiger charge is -2.26. The summed E-state index contributed by atoms with van der Waals surface area (Å²) in [6.07, 6.45) is 1.66. The van der Waals surface area contributed by atoms with E-state index in [9.17, 15) is 14.4 Å². The molecule has 0 saturated heterocycles. The molecule has 0 radical (unpaired) electrons. The van der Waals surface area contributed by atoms with E-state index in [1.54, 1.807) is 68.6 Å². The van der Waals surface area contributed by atoms with Crippen LogP contribution in [0.4, 0.5) is 0 Å². The van der Waals surface area contributed by atoms with Crippen molar-refractivity contribution < 1.29 is 28.2 Å². The van der Waals surface area contributed by atoms with E-state index < -0.39 is 18.0 Å². The number of aromatic nitrogens is 1. The second kappa shape index (κ2) is 12.6. The van der Waals surface area contributed by atoms with E-state index in [2.05, 4.69) is 0 Å². The molecular formula is C35H28N2O7S. The van der Waals surface area contributed by atoms with Crippen molar-refractivity contribution in [3.05, 3.63) is 139 Å². The molecule has 3 heterocycles. The third-order valence-corrected chi connectivity index (χ3v) is 8.28. The zero-order chi connectivity index (χ0) is 31.5. The molecule has 1 atom stereocenters. The Bertz CT molecular complexity index is 2090. The predicted octanol–water partition coefficient (Wildman–Crippen LogP) is 4.99. The molecule has 1 aliphatic rings. The lowest BCUT2D eigenvalue weighted by molar-refractivity contribution is -0.138. The van der Waals surface area contributed by atoms with Crippen molar-refractivity contribution in [3.63, 3.8) is 0 Å². The van der Waals surface area contributed by atoms with Crippen molar-refractivity contribution in [3.8, 4) is 17.1 Å². The van der Waals surface area contributed by atoms with Crippen LogP contribution in [0.1, 0.15) is 40.2 Å². The van der Waals surface area contributed by atoms with E-state index >= 15 is 0 Å². The molecule has 9 nitrogen and oxygen atoms in total. The Balaban J connectivity index is 1.50. The molecule has 0 bridgehead atoms. The van der Waals surface area contributed by atoms with Crippen LogP contribution in [0.5, 0.6) is 5.75 Å². The van der Waals surface area contributed by atoms with Crippen molar-refractivity contribution in [1.82, 2.24) is 4.57 Å². The molecule has 6 rings (SSSR count). The first-order chi connectivity index (χ1) is 21.9. The van der Waals surface area contributed by atoms with Gasteiger partial charge < -0.3 is 18.6 Å². The highest BCUT2D eigenvalue weighted by Crippen LogP contribution is 2.35. The van der Waals surface area contributed by atoms with Crippen molar-refractivity contribution in [1.29, 1.82) is 0 Å². The molecule has 10 heteroatoms. The van der Waals surface area contributed by atoms with Crippen LogP contribution in [0, 0.1) is 0 Å². The molecular weight excluding hydrogens is 592 g/mol. The molecule has 0 spiro atoms. The lowest BCUT2D eigenvalue weighted by Crippen LogP contribution is -2.40. The number of fused-ring (bicyclic) bond motifs is 1. The van der Waals surface area contributed by atoms with Crippen LogP contribution < -0.4 is 19.6 Å². The fourth-order valence-corrected chi connectivity index (χ4v) is 6.13. The molecule has 1 unspecified atom stereocenters. The lowest BCUT2D eigenvalue weighted by atomic mass is 9.93. The number of carbonyl (C=O) groups is 2. The van der Waals surface area contributed by atoms with Crippen LogP contribution in [-0.4, -0.2) is 37.3 Å².